The molecule has 1 atom stereocenters. The molecule has 0 saturated heterocycles. The summed E-state index contributed by atoms with van der Waals surface area (Å²) in [4.78, 5) is 23.1. The van der Waals surface area contributed by atoms with E-state index >= 15 is 0 Å². The molecule has 0 heterocycles. The summed E-state index contributed by atoms with van der Waals surface area (Å²) < 4.78 is 34.1. The number of alkyl halides is 2. The van der Waals surface area contributed by atoms with Crippen molar-refractivity contribution >= 4 is 27.7 Å². The first-order valence-corrected chi connectivity index (χ1v) is 6.50. The highest BCUT2D eigenvalue weighted by Gasteiger charge is 2.67. The van der Waals surface area contributed by atoms with Crippen LogP contribution in [0, 0.1) is 0 Å². The van der Waals surface area contributed by atoms with Gasteiger partial charge < -0.3 is 4.74 Å². The van der Waals surface area contributed by atoms with Crippen molar-refractivity contribution in [2.45, 2.75) is 31.3 Å². The monoisotopic (exact) mass is 330 g/mol. The van der Waals surface area contributed by atoms with E-state index in [9.17, 15) is 18.4 Å². The van der Waals surface area contributed by atoms with E-state index in [1.165, 1.54) is 6.07 Å². The molecule has 0 radical (unpaired) electrons. The molecule has 100 valence electrons. The van der Waals surface area contributed by atoms with Crippen molar-refractivity contribution in [3.63, 3.8) is 0 Å². The number of ketones is 1. The van der Waals surface area contributed by atoms with Gasteiger partial charge in [-0.2, -0.15) is 0 Å². The van der Waals surface area contributed by atoms with Crippen LogP contribution in [-0.4, -0.2) is 17.7 Å². The molecule has 0 N–H and O–H groups in total. The van der Waals surface area contributed by atoms with E-state index in [-0.39, 0.29) is 11.1 Å². The quantitative estimate of drug-likeness (QED) is 0.743. The molecule has 1 unspecified atom stereocenters. The number of halogens is 3. The van der Waals surface area contributed by atoms with Gasteiger partial charge in [0.2, 0.25) is 5.60 Å². The minimum absolute atomic E-state index is 0.181. The van der Waals surface area contributed by atoms with Crippen molar-refractivity contribution in [3.8, 4) is 0 Å². The molecule has 1 aromatic rings. The van der Waals surface area contributed by atoms with Crippen LogP contribution in [0.2, 0.25) is 0 Å². The van der Waals surface area contributed by atoms with Crippen LogP contribution in [0.1, 0.15) is 34.8 Å². The summed E-state index contributed by atoms with van der Waals surface area (Å²) in [6.07, 6.45) is -1.01. The lowest BCUT2D eigenvalue weighted by Crippen LogP contribution is -2.44. The Morgan fingerprint density at radius 1 is 1.37 bits per heavy atom. The Bertz CT molecular complexity index is 627. The molecule has 0 bridgehead atoms. The number of hydrogen-bond donors (Lipinski definition) is 0. The molecule has 6 heteroatoms. The van der Waals surface area contributed by atoms with E-state index in [0.717, 1.165) is 6.92 Å². The summed E-state index contributed by atoms with van der Waals surface area (Å²) in [5.74, 6) is -4.49. The van der Waals surface area contributed by atoms with E-state index < -0.39 is 36.1 Å². The van der Waals surface area contributed by atoms with Crippen molar-refractivity contribution in [3.05, 3.63) is 33.3 Å². The second-order valence-corrected chi connectivity index (χ2v) is 5.80. The highest BCUT2D eigenvalue weighted by molar-refractivity contribution is 9.10. The summed E-state index contributed by atoms with van der Waals surface area (Å²) in [6, 6.07) is 3.06. The zero-order valence-electron chi connectivity index (χ0n) is 9.93. The number of rotatable bonds is 1. The van der Waals surface area contributed by atoms with Gasteiger partial charge in [-0.1, -0.05) is 15.9 Å². The predicted molar refractivity (Wildman–Crippen MR) is 65.2 cm³/mol. The lowest BCUT2D eigenvalue weighted by Gasteiger charge is -2.31. The van der Waals surface area contributed by atoms with Crippen LogP contribution in [-0.2, 0) is 21.6 Å². The summed E-state index contributed by atoms with van der Waals surface area (Å²) >= 11 is 3.20. The first kappa shape index (κ1) is 12.7. The van der Waals surface area contributed by atoms with Crippen LogP contribution < -0.4 is 0 Å². The van der Waals surface area contributed by atoms with Crippen LogP contribution in [0.15, 0.2) is 16.6 Å². The summed E-state index contributed by atoms with van der Waals surface area (Å²) in [6.45, 7) is 1.07. The van der Waals surface area contributed by atoms with E-state index in [1.54, 1.807) is 6.07 Å². The van der Waals surface area contributed by atoms with Crippen molar-refractivity contribution in [1.82, 2.24) is 0 Å². The first-order chi connectivity index (χ1) is 8.77. The smallest absolute Gasteiger partial charge is 0.303 e. The van der Waals surface area contributed by atoms with E-state index in [1.807, 2.05) is 0 Å². The molecule has 0 fully saturated rings. The molecule has 0 saturated carbocycles. The maximum atomic E-state index is 14.3. The topological polar surface area (TPSA) is 43.4 Å². The molecule has 19 heavy (non-hydrogen) atoms. The van der Waals surface area contributed by atoms with Gasteiger partial charge in [-0.3, -0.25) is 9.59 Å². The third-order valence-corrected chi connectivity index (χ3v) is 4.08. The SMILES string of the molecule is CC(=O)OC12CC(=O)c3cc(Br)cc(c31)CC2(F)F. The fourth-order valence-electron chi connectivity index (χ4n) is 3.01. The number of Topliss-reactive ketones (excluding diaryl/α,β-unsaturated/α-hetero) is 1. The van der Waals surface area contributed by atoms with Gasteiger partial charge >= 0.3 is 5.97 Å². The number of hydrogen-bond acceptors (Lipinski definition) is 3. The second-order valence-electron chi connectivity index (χ2n) is 4.89. The third-order valence-electron chi connectivity index (χ3n) is 3.62. The van der Waals surface area contributed by atoms with Crippen LogP contribution in [0.3, 0.4) is 0 Å². The predicted octanol–water partition coefficient (Wildman–Crippen LogP) is 2.99. The Morgan fingerprint density at radius 3 is 2.68 bits per heavy atom. The molecule has 1 aromatic carbocycles. The van der Waals surface area contributed by atoms with Crippen molar-refractivity contribution < 1.29 is 23.1 Å². The van der Waals surface area contributed by atoms with Gasteiger partial charge in [0, 0.05) is 28.9 Å². The van der Waals surface area contributed by atoms with E-state index in [0.29, 0.717) is 10.0 Å². The van der Waals surface area contributed by atoms with Crippen LogP contribution >= 0.6 is 15.9 Å². The Hall–Kier alpha value is -1.30. The molecule has 0 aliphatic heterocycles. The molecule has 3 nitrogen and oxygen atoms in total. The van der Waals surface area contributed by atoms with Gasteiger partial charge in [-0.05, 0) is 17.7 Å². The molecular weight excluding hydrogens is 322 g/mol. The largest absolute Gasteiger partial charge is 0.447 e. The Kier molecular flexibility index (Phi) is 2.43. The third kappa shape index (κ3) is 1.52. The van der Waals surface area contributed by atoms with Crippen LogP contribution in [0.5, 0.6) is 0 Å². The fourth-order valence-corrected chi connectivity index (χ4v) is 3.52. The van der Waals surface area contributed by atoms with Crippen LogP contribution in [0.25, 0.3) is 0 Å². The minimum atomic E-state index is -3.26. The van der Waals surface area contributed by atoms with Gasteiger partial charge in [-0.15, -0.1) is 0 Å². The normalized spacial score (nSPS) is 26.4. The molecular formula is C13H9BrF2O3. The number of benzene rings is 1. The zero-order chi connectivity index (χ0) is 14.0. The van der Waals surface area contributed by atoms with Crippen molar-refractivity contribution in [2.75, 3.05) is 0 Å². The molecule has 0 spiro atoms. The lowest BCUT2D eigenvalue weighted by molar-refractivity contribution is -0.205. The van der Waals surface area contributed by atoms with E-state index in [2.05, 4.69) is 15.9 Å². The Morgan fingerprint density at radius 2 is 2.05 bits per heavy atom. The Labute approximate surface area is 116 Å². The zero-order valence-corrected chi connectivity index (χ0v) is 11.5. The standard InChI is InChI=1S/C13H9BrF2O3/c1-6(17)19-12-5-10(18)9-3-8(14)2-7(11(9)12)4-13(12,15)16/h2-3H,4-5H2,1H3. The molecule has 2 aliphatic rings. The molecule has 0 aromatic heterocycles. The minimum Gasteiger partial charge on any atom is -0.447 e. The highest BCUT2D eigenvalue weighted by Crippen LogP contribution is 2.58. The molecule has 2 aliphatic carbocycles. The molecule has 0 amide bonds. The maximum Gasteiger partial charge on any atom is 0.303 e. The lowest BCUT2D eigenvalue weighted by atomic mass is 9.95. The average molecular weight is 331 g/mol. The fraction of sp³-hybridized carbons (Fsp3) is 0.385. The van der Waals surface area contributed by atoms with Gasteiger partial charge in [0.15, 0.2) is 5.78 Å². The van der Waals surface area contributed by atoms with Gasteiger partial charge in [0.05, 0.1) is 6.42 Å². The van der Waals surface area contributed by atoms with Crippen molar-refractivity contribution in [2.24, 2.45) is 0 Å². The number of esters is 1. The number of carbonyl (C=O) groups excluding carboxylic acids is 2. The summed E-state index contributed by atoms with van der Waals surface area (Å²) in [5, 5.41) is 0. The summed E-state index contributed by atoms with van der Waals surface area (Å²) in [7, 11) is 0. The summed E-state index contributed by atoms with van der Waals surface area (Å²) in [5.41, 5.74) is -1.34. The van der Waals surface area contributed by atoms with Gasteiger partial charge in [-0.25, -0.2) is 8.78 Å². The average Bonchev–Trinajstić information content (AvgIpc) is 2.61. The highest BCUT2D eigenvalue weighted by atomic mass is 79.9. The molecule has 3 rings (SSSR count). The van der Waals surface area contributed by atoms with Gasteiger partial charge in [0.25, 0.3) is 5.92 Å². The number of ether oxygens (including phenoxy) is 1. The van der Waals surface area contributed by atoms with E-state index in [4.69, 9.17) is 4.74 Å². The first-order valence-electron chi connectivity index (χ1n) is 5.70. The van der Waals surface area contributed by atoms with Crippen LogP contribution in [0.4, 0.5) is 8.78 Å². The number of carbonyl (C=O) groups is 2. The van der Waals surface area contributed by atoms with Crippen molar-refractivity contribution in [1.29, 1.82) is 0 Å². The maximum absolute atomic E-state index is 14.3. The second kappa shape index (κ2) is 3.62. The Balaban J connectivity index is 2.30. The van der Waals surface area contributed by atoms with Gasteiger partial charge in [0.1, 0.15) is 0 Å².